The van der Waals surface area contributed by atoms with E-state index < -0.39 is 0 Å². The summed E-state index contributed by atoms with van der Waals surface area (Å²) in [7, 11) is 1.41. The number of benzene rings is 1. The van der Waals surface area contributed by atoms with E-state index in [0.29, 0.717) is 24.7 Å². The smallest absolute Gasteiger partial charge is 0.409 e. The second-order valence-corrected chi connectivity index (χ2v) is 6.16. The third-order valence-corrected chi connectivity index (χ3v) is 4.65. The van der Waals surface area contributed by atoms with E-state index in [1.165, 1.54) is 7.11 Å². The van der Waals surface area contributed by atoms with Crippen molar-refractivity contribution in [2.45, 2.75) is 6.42 Å². The summed E-state index contributed by atoms with van der Waals surface area (Å²) in [6.45, 7) is 3.22. The van der Waals surface area contributed by atoms with Crippen molar-refractivity contribution >= 4 is 34.3 Å². The average Bonchev–Trinajstić information content (AvgIpc) is 2.62. The Labute approximate surface area is 146 Å². The zero-order valence-corrected chi connectivity index (χ0v) is 14.4. The Morgan fingerprint density at radius 2 is 2.12 bits per heavy atom. The maximum Gasteiger partial charge on any atom is 0.409 e. The number of amides is 1. The number of fused-ring (bicyclic) bond motifs is 1. The van der Waals surface area contributed by atoms with Crippen LogP contribution in [0.2, 0.25) is 5.02 Å². The third-order valence-electron chi connectivity index (χ3n) is 4.34. The fraction of sp³-hybridized carbons (Fsp3) is 0.412. The molecule has 0 atom stereocenters. The van der Waals surface area contributed by atoms with Crippen LogP contribution in [0.1, 0.15) is 5.56 Å². The van der Waals surface area contributed by atoms with Crippen LogP contribution < -0.4 is 10.6 Å². The molecule has 128 valence electrons. The van der Waals surface area contributed by atoms with E-state index in [1.807, 2.05) is 18.2 Å². The van der Waals surface area contributed by atoms with Gasteiger partial charge in [-0.15, -0.1) is 0 Å². The molecule has 6 nitrogen and oxygen atoms in total. The number of carbonyl (C=O) groups is 1. The van der Waals surface area contributed by atoms with Crippen molar-refractivity contribution in [2.75, 3.05) is 44.7 Å². The van der Waals surface area contributed by atoms with Gasteiger partial charge in [0.15, 0.2) is 0 Å². The van der Waals surface area contributed by atoms with E-state index in [2.05, 4.69) is 9.88 Å². The lowest BCUT2D eigenvalue weighted by molar-refractivity contribution is 0.121. The normalized spacial score (nSPS) is 15.0. The van der Waals surface area contributed by atoms with E-state index in [-0.39, 0.29) is 6.09 Å². The van der Waals surface area contributed by atoms with Gasteiger partial charge in [-0.05, 0) is 36.7 Å². The molecule has 2 N–H and O–H groups in total. The first-order valence-electron chi connectivity index (χ1n) is 7.99. The van der Waals surface area contributed by atoms with Crippen molar-refractivity contribution < 1.29 is 9.53 Å². The predicted molar refractivity (Wildman–Crippen MR) is 95.7 cm³/mol. The highest BCUT2D eigenvalue weighted by Gasteiger charge is 2.25. The molecule has 24 heavy (non-hydrogen) atoms. The molecule has 0 unspecified atom stereocenters. The number of hydrogen-bond donors (Lipinski definition) is 1. The highest BCUT2D eigenvalue weighted by Crippen LogP contribution is 2.35. The molecule has 3 rings (SSSR count). The van der Waals surface area contributed by atoms with E-state index in [4.69, 9.17) is 22.1 Å². The van der Waals surface area contributed by atoms with Crippen LogP contribution in [0.5, 0.6) is 0 Å². The number of halogens is 1. The number of ether oxygens (including phenoxy) is 1. The Morgan fingerprint density at radius 1 is 1.38 bits per heavy atom. The molecule has 1 fully saturated rings. The predicted octanol–water partition coefficient (Wildman–Crippen LogP) is 2.28. The van der Waals surface area contributed by atoms with Crippen molar-refractivity contribution in [3.8, 4) is 0 Å². The van der Waals surface area contributed by atoms with Crippen molar-refractivity contribution in [3.63, 3.8) is 0 Å². The van der Waals surface area contributed by atoms with Crippen molar-refractivity contribution in [1.29, 1.82) is 0 Å². The van der Waals surface area contributed by atoms with Crippen LogP contribution >= 0.6 is 11.6 Å². The molecular formula is C17H21ClN4O2. The molecule has 2 aromatic rings. The topological polar surface area (TPSA) is 71.7 Å². The SMILES string of the molecule is COC(=O)N1CCN(c2c(CCN)cc(Cl)c3cccnc23)CC1. The lowest BCUT2D eigenvalue weighted by Gasteiger charge is -2.36. The molecule has 1 aromatic heterocycles. The minimum Gasteiger partial charge on any atom is -0.453 e. The largest absolute Gasteiger partial charge is 0.453 e. The number of rotatable bonds is 3. The molecule has 7 heteroatoms. The summed E-state index contributed by atoms with van der Waals surface area (Å²) >= 11 is 6.42. The second-order valence-electron chi connectivity index (χ2n) is 5.75. The van der Waals surface area contributed by atoms with Crippen molar-refractivity contribution in [2.24, 2.45) is 5.73 Å². The molecule has 1 aliphatic rings. The van der Waals surface area contributed by atoms with Crippen LogP contribution in [0.4, 0.5) is 10.5 Å². The number of pyridine rings is 1. The van der Waals surface area contributed by atoms with Gasteiger partial charge in [0.2, 0.25) is 0 Å². The molecule has 1 saturated heterocycles. The molecule has 1 aromatic carbocycles. The molecule has 0 spiro atoms. The number of methoxy groups -OCH3 is 1. The fourth-order valence-corrected chi connectivity index (χ4v) is 3.46. The highest BCUT2D eigenvalue weighted by molar-refractivity contribution is 6.36. The quantitative estimate of drug-likeness (QED) is 0.921. The molecule has 0 aliphatic carbocycles. The summed E-state index contributed by atoms with van der Waals surface area (Å²) in [6.07, 6.45) is 2.23. The van der Waals surface area contributed by atoms with Crippen LogP contribution in [0, 0.1) is 0 Å². The first kappa shape index (κ1) is 16.8. The summed E-state index contributed by atoms with van der Waals surface area (Å²) in [5, 5.41) is 1.63. The lowest BCUT2D eigenvalue weighted by Crippen LogP contribution is -2.49. The van der Waals surface area contributed by atoms with Gasteiger partial charge in [-0.3, -0.25) is 4.98 Å². The Hall–Kier alpha value is -2.05. The monoisotopic (exact) mass is 348 g/mol. The summed E-state index contributed by atoms with van der Waals surface area (Å²) in [4.78, 5) is 20.2. The molecule has 0 radical (unpaired) electrons. The highest BCUT2D eigenvalue weighted by atomic mass is 35.5. The molecule has 0 bridgehead atoms. The van der Waals surface area contributed by atoms with E-state index in [9.17, 15) is 4.79 Å². The van der Waals surface area contributed by atoms with Crippen LogP contribution in [-0.2, 0) is 11.2 Å². The summed E-state index contributed by atoms with van der Waals surface area (Å²) in [6, 6.07) is 5.85. The van der Waals surface area contributed by atoms with E-state index in [0.717, 1.165) is 41.7 Å². The Morgan fingerprint density at radius 3 is 2.79 bits per heavy atom. The van der Waals surface area contributed by atoms with Gasteiger partial charge < -0.3 is 20.3 Å². The molecule has 0 saturated carbocycles. The van der Waals surface area contributed by atoms with Crippen LogP contribution in [0.3, 0.4) is 0 Å². The lowest BCUT2D eigenvalue weighted by atomic mass is 10.0. The number of nitrogens with two attached hydrogens (primary N) is 1. The summed E-state index contributed by atoms with van der Waals surface area (Å²) < 4.78 is 4.80. The number of nitrogens with zero attached hydrogens (tertiary/aromatic N) is 3. The van der Waals surface area contributed by atoms with Gasteiger partial charge in [-0.1, -0.05) is 11.6 Å². The van der Waals surface area contributed by atoms with Gasteiger partial charge in [0.25, 0.3) is 0 Å². The maximum atomic E-state index is 11.7. The fourth-order valence-electron chi connectivity index (χ4n) is 3.18. The van der Waals surface area contributed by atoms with Gasteiger partial charge in [-0.2, -0.15) is 0 Å². The molecular weight excluding hydrogens is 328 g/mol. The number of aromatic nitrogens is 1. The van der Waals surface area contributed by atoms with Gasteiger partial charge in [-0.25, -0.2) is 4.79 Å². The second kappa shape index (κ2) is 7.23. The number of hydrogen-bond acceptors (Lipinski definition) is 5. The first-order chi connectivity index (χ1) is 11.7. The maximum absolute atomic E-state index is 11.7. The van der Waals surface area contributed by atoms with Crippen molar-refractivity contribution in [3.05, 3.63) is 35.0 Å². The molecule has 1 amide bonds. The van der Waals surface area contributed by atoms with Crippen LogP contribution in [0.25, 0.3) is 10.9 Å². The van der Waals surface area contributed by atoms with E-state index in [1.54, 1.807) is 11.1 Å². The Balaban J connectivity index is 1.98. The third kappa shape index (κ3) is 3.12. The van der Waals surface area contributed by atoms with Gasteiger partial charge in [0.1, 0.15) is 0 Å². The Kier molecular flexibility index (Phi) is 5.06. The zero-order chi connectivity index (χ0) is 17.1. The van der Waals surface area contributed by atoms with Crippen LogP contribution in [0.15, 0.2) is 24.4 Å². The van der Waals surface area contributed by atoms with Gasteiger partial charge in [0, 0.05) is 37.8 Å². The summed E-state index contributed by atoms with van der Waals surface area (Å²) in [5.41, 5.74) is 8.84. The molecule has 1 aliphatic heterocycles. The van der Waals surface area contributed by atoms with Crippen LogP contribution in [-0.4, -0.2) is 55.8 Å². The summed E-state index contributed by atoms with van der Waals surface area (Å²) in [5.74, 6) is 0. The average molecular weight is 349 g/mol. The number of piperazine rings is 1. The van der Waals surface area contributed by atoms with Crippen molar-refractivity contribution in [1.82, 2.24) is 9.88 Å². The Bertz CT molecular complexity index is 745. The molecule has 2 heterocycles. The zero-order valence-electron chi connectivity index (χ0n) is 13.7. The van der Waals surface area contributed by atoms with Gasteiger partial charge in [0.05, 0.1) is 23.3 Å². The first-order valence-corrected chi connectivity index (χ1v) is 8.37. The number of anilines is 1. The van der Waals surface area contributed by atoms with E-state index >= 15 is 0 Å². The minimum atomic E-state index is -0.282. The van der Waals surface area contributed by atoms with Gasteiger partial charge >= 0.3 is 6.09 Å². The number of carbonyl (C=O) groups excluding carboxylic acids is 1. The standard InChI is InChI=1S/C17H21ClN4O2/c1-24-17(23)22-9-7-21(8-10-22)16-12(4-5-19)11-14(18)13-3-2-6-20-15(13)16/h2-3,6,11H,4-5,7-10,19H2,1H3. The minimum absolute atomic E-state index is 0.282.